The number of carbonyl (C=O) groups is 1. The zero-order valence-electron chi connectivity index (χ0n) is 7.85. The van der Waals surface area contributed by atoms with Gasteiger partial charge in [0.1, 0.15) is 24.9 Å². The molecule has 0 amide bonds. The van der Waals surface area contributed by atoms with E-state index in [4.69, 9.17) is 21.7 Å². The molecule has 0 aromatic carbocycles. The van der Waals surface area contributed by atoms with Crippen LogP contribution in [0.4, 0.5) is 0 Å². The maximum atomic E-state index is 10.9. The summed E-state index contributed by atoms with van der Waals surface area (Å²) in [6.45, 7) is -1.24. The molecule has 3 atom stereocenters. The Bertz CT molecular complexity index is 328. The highest BCUT2D eigenvalue weighted by Crippen LogP contribution is 2.24. The molecular formula is C7H9O8P-2. The summed E-state index contributed by atoms with van der Waals surface area (Å²) in [6.07, 6.45) is -1.23. The number of Topliss-reactive ketones (excluding diaryl/α,β-unsaturated/α-hetero) is 1. The largest absolute Gasteiger partial charge is 0.790 e. The topological polar surface area (TPSA) is 150 Å². The highest BCUT2D eigenvalue weighted by atomic mass is 31.2. The van der Waals surface area contributed by atoms with Crippen molar-refractivity contribution in [3.63, 3.8) is 0 Å². The van der Waals surface area contributed by atoms with Crippen molar-refractivity contribution in [3.8, 4) is 12.3 Å². The Morgan fingerprint density at radius 1 is 1.44 bits per heavy atom. The number of carbonyl (C=O) groups excluding carboxylic acids is 1. The summed E-state index contributed by atoms with van der Waals surface area (Å²) in [7, 11) is -5.34. The van der Waals surface area contributed by atoms with Crippen LogP contribution < -0.4 is 9.79 Å². The molecule has 3 N–H and O–H groups in total. The van der Waals surface area contributed by atoms with Gasteiger partial charge in [-0.1, -0.05) is 5.92 Å². The molecule has 0 aliphatic heterocycles. The Hall–Kier alpha value is -0.780. The van der Waals surface area contributed by atoms with Crippen molar-refractivity contribution in [2.24, 2.45) is 0 Å². The number of terminal acetylenes is 1. The quantitative estimate of drug-likeness (QED) is 0.320. The van der Waals surface area contributed by atoms with Gasteiger partial charge < -0.3 is 34.2 Å². The number of rotatable bonds is 6. The normalized spacial score (nSPS) is 17.2. The molecule has 2 unspecified atom stereocenters. The summed E-state index contributed by atoms with van der Waals surface area (Å²) >= 11 is 0. The van der Waals surface area contributed by atoms with Gasteiger partial charge in [-0.2, -0.15) is 0 Å². The van der Waals surface area contributed by atoms with Crippen LogP contribution in [-0.2, 0) is 13.9 Å². The van der Waals surface area contributed by atoms with Crippen molar-refractivity contribution in [3.05, 3.63) is 0 Å². The van der Waals surface area contributed by atoms with Crippen LogP contribution in [0.25, 0.3) is 0 Å². The van der Waals surface area contributed by atoms with E-state index in [-0.39, 0.29) is 0 Å². The number of hydrogen-bond acceptors (Lipinski definition) is 8. The van der Waals surface area contributed by atoms with Gasteiger partial charge in [-0.05, 0) is 0 Å². The fourth-order valence-electron chi connectivity index (χ4n) is 0.690. The van der Waals surface area contributed by atoms with Crippen molar-refractivity contribution in [2.45, 2.75) is 18.3 Å². The molecule has 9 heteroatoms. The zero-order valence-corrected chi connectivity index (χ0v) is 8.74. The van der Waals surface area contributed by atoms with Gasteiger partial charge in [0.15, 0.2) is 5.78 Å². The molecule has 0 aliphatic carbocycles. The molecule has 16 heavy (non-hydrogen) atoms. The van der Waals surface area contributed by atoms with E-state index in [2.05, 4.69) is 4.52 Å². The van der Waals surface area contributed by atoms with Crippen molar-refractivity contribution in [1.29, 1.82) is 0 Å². The molecule has 0 rings (SSSR count). The Morgan fingerprint density at radius 2 is 1.94 bits per heavy atom. The number of hydrogen-bond donors (Lipinski definition) is 3. The molecule has 0 saturated carbocycles. The predicted molar refractivity (Wildman–Crippen MR) is 45.4 cm³/mol. The van der Waals surface area contributed by atoms with Gasteiger partial charge in [-0.3, -0.25) is 4.79 Å². The molecule has 0 aromatic heterocycles. The van der Waals surface area contributed by atoms with Gasteiger partial charge in [-0.25, -0.2) is 0 Å². The number of aliphatic hydroxyl groups excluding tert-OH is 3. The van der Waals surface area contributed by atoms with E-state index < -0.39 is 38.5 Å². The van der Waals surface area contributed by atoms with E-state index in [1.807, 2.05) is 0 Å². The highest BCUT2D eigenvalue weighted by Gasteiger charge is 2.29. The van der Waals surface area contributed by atoms with Crippen LogP contribution in [0.1, 0.15) is 0 Å². The molecule has 0 aliphatic rings. The van der Waals surface area contributed by atoms with Gasteiger partial charge in [0.05, 0.1) is 7.82 Å². The molecule has 0 fully saturated rings. The average Bonchev–Trinajstić information content (AvgIpc) is 2.21. The average molecular weight is 252 g/mol. The first-order valence-corrected chi connectivity index (χ1v) is 5.34. The summed E-state index contributed by atoms with van der Waals surface area (Å²) in [5.74, 6) is 0.350. The lowest BCUT2D eigenvalue weighted by atomic mass is 10.1. The first-order valence-electron chi connectivity index (χ1n) is 3.88. The summed E-state index contributed by atoms with van der Waals surface area (Å²) < 4.78 is 13.6. The predicted octanol–water partition coefficient (Wildman–Crippen LogP) is -3.88. The first-order chi connectivity index (χ1) is 7.19. The Balaban J connectivity index is 4.30. The van der Waals surface area contributed by atoms with Crippen LogP contribution >= 0.6 is 7.82 Å². The van der Waals surface area contributed by atoms with Crippen LogP contribution in [-0.4, -0.2) is 46.0 Å². The third-order valence-corrected chi connectivity index (χ3v) is 1.96. The lowest BCUT2D eigenvalue weighted by Gasteiger charge is -2.28. The number of phosphoric acid groups is 1. The van der Waals surface area contributed by atoms with Crippen LogP contribution in [0.3, 0.4) is 0 Å². The minimum absolute atomic E-state index is 1.24. The summed E-state index contributed by atoms with van der Waals surface area (Å²) in [4.78, 5) is 30.9. The second-order valence-electron chi connectivity index (χ2n) is 2.73. The second-order valence-corrected chi connectivity index (χ2v) is 3.89. The van der Waals surface area contributed by atoms with E-state index in [9.17, 15) is 19.1 Å². The number of ketones is 1. The second kappa shape index (κ2) is 6.08. The fourth-order valence-corrected chi connectivity index (χ4v) is 0.975. The van der Waals surface area contributed by atoms with Crippen LogP contribution in [0.5, 0.6) is 0 Å². The SMILES string of the molecule is C#C[C@H](O)C(O)C(O)C(=O)COP(=O)([O-])[O-]. The summed E-state index contributed by atoms with van der Waals surface area (Å²) in [6, 6.07) is 0. The van der Waals surface area contributed by atoms with Crippen molar-refractivity contribution in [1.82, 2.24) is 0 Å². The number of phosphoric ester groups is 1. The molecular weight excluding hydrogens is 243 g/mol. The minimum Gasteiger partial charge on any atom is -0.790 e. The molecule has 0 aromatic rings. The van der Waals surface area contributed by atoms with Gasteiger partial charge in [0.25, 0.3) is 0 Å². The van der Waals surface area contributed by atoms with Gasteiger partial charge in [-0.15, -0.1) is 6.42 Å². The molecule has 0 saturated heterocycles. The van der Waals surface area contributed by atoms with Gasteiger partial charge >= 0.3 is 0 Å². The molecule has 8 nitrogen and oxygen atoms in total. The van der Waals surface area contributed by atoms with Gasteiger partial charge in [0.2, 0.25) is 0 Å². The number of aliphatic hydroxyl groups is 3. The molecule has 0 bridgehead atoms. The summed E-state index contributed by atoms with van der Waals surface area (Å²) in [5, 5.41) is 27.0. The molecule has 0 heterocycles. The van der Waals surface area contributed by atoms with E-state index in [0.29, 0.717) is 0 Å². The third-order valence-electron chi connectivity index (χ3n) is 1.51. The molecule has 92 valence electrons. The molecule has 0 spiro atoms. The van der Waals surface area contributed by atoms with E-state index in [1.54, 1.807) is 5.92 Å². The minimum atomic E-state index is -5.34. The van der Waals surface area contributed by atoms with E-state index in [1.165, 1.54) is 0 Å². The monoisotopic (exact) mass is 252 g/mol. The van der Waals surface area contributed by atoms with Crippen LogP contribution in [0, 0.1) is 12.3 Å². The first kappa shape index (κ1) is 15.2. The van der Waals surface area contributed by atoms with E-state index >= 15 is 0 Å². The lowest BCUT2D eigenvalue weighted by molar-refractivity contribution is -0.341. The standard InChI is InChI=1S/C7H11O8P/c1-2-4(8)6(10)7(11)5(9)3-15-16(12,13)14/h1,4,6-8,10-11H,3H2,(H2,12,13,14)/p-2/t4-,6?,7?/m0/s1. The van der Waals surface area contributed by atoms with Crippen molar-refractivity contribution < 1.29 is 39.0 Å². The van der Waals surface area contributed by atoms with E-state index in [0.717, 1.165) is 0 Å². The van der Waals surface area contributed by atoms with Crippen LogP contribution in [0.2, 0.25) is 0 Å². The molecule has 0 radical (unpaired) electrons. The summed E-state index contributed by atoms with van der Waals surface area (Å²) in [5.41, 5.74) is 0. The van der Waals surface area contributed by atoms with Gasteiger partial charge in [0, 0.05) is 0 Å². The maximum absolute atomic E-state index is 10.9. The lowest BCUT2D eigenvalue weighted by Crippen LogP contribution is -2.43. The smallest absolute Gasteiger partial charge is 0.189 e. The highest BCUT2D eigenvalue weighted by molar-refractivity contribution is 7.43. The van der Waals surface area contributed by atoms with Crippen molar-refractivity contribution >= 4 is 13.6 Å². The van der Waals surface area contributed by atoms with Crippen molar-refractivity contribution in [2.75, 3.05) is 6.61 Å². The fraction of sp³-hybridized carbons (Fsp3) is 0.571. The Kier molecular flexibility index (Phi) is 5.78. The maximum Gasteiger partial charge on any atom is 0.189 e. The third kappa shape index (κ3) is 5.34. The Morgan fingerprint density at radius 3 is 2.31 bits per heavy atom. The van der Waals surface area contributed by atoms with Crippen LogP contribution in [0.15, 0.2) is 0 Å². The zero-order chi connectivity index (χ0) is 12.9. The Labute approximate surface area is 90.7 Å².